The average Bonchev–Trinajstić information content (AvgIpc) is 2.74. The number of aromatic nitrogens is 2. The number of aryl methyl sites for hydroxylation is 2. The third-order valence-electron chi connectivity index (χ3n) is 5.04. The molecule has 30 heavy (non-hydrogen) atoms. The Morgan fingerprint density at radius 3 is 2.53 bits per heavy atom. The number of ether oxygens (including phenoxy) is 1. The van der Waals surface area contributed by atoms with Crippen molar-refractivity contribution in [3.63, 3.8) is 0 Å². The van der Waals surface area contributed by atoms with Crippen LogP contribution < -0.4 is 15.1 Å². The molecular formula is C20H26N6O4. The zero-order valence-corrected chi connectivity index (χ0v) is 17.4. The van der Waals surface area contributed by atoms with Crippen molar-refractivity contribution in [3.05, 3.63) is 45.8 Å². The van der Waals surface area contributed by atoms with Gasteiger partial charge < -0.3 is 19.9 Å². The van der Waals surface area contributed by atoms with Gasteiger partial charge in [0.1, 0.15) is 6.33 Å². The van der Waals surface area contributed by atoms with E-state index in [1.807, 2.05) is 43.9 Å². The number of hydrogen-bond acceptors (Lipinski definition) is 8. The van der Waals surface area contributed by atoms with Gasteiger partial charge in [-0.15, -0.1) is 0 Å². The maximum Gasteiger partial charge on any atom is 0.353 e. The summed E-state index contributed by atoms with van der Waals surface area (Å²) >= 11 is 0. The predicted molar refractivity (Wildman–Crippen MR) is 114 cm³/mol. The lowest BCUT2D eigenvalue weighted by molar-refractivity contribution is -0.383. The topological polar surface area (TPSA) is 114 Å². The van der Waals surface area contributed by atoms with Crippen molar-refractivity contribution in [1.82, 2.24) is 9.97 Å². The Hall–Kier alpha value is -3.27. The minimum atomic E-state index is -0.480. The highest BCUT2D eigenvalue weighted by Gasteiger charge is 2.31. The molecule has 0 saturated carbocycles. The van der Waals surface area contributed by atoms with Crippen LogP contribution in [0.1, 0.15) is 18.1 Å². The summed E-state index contributed by atoms with van der Waals surface area (Å²) in [7, 11) is 0. The standard InChI is InChI=1S/C20H26N6O4/c1-4-24(12-16(27)23-17-14(2)6-5-7-15(17)3)19-18(26(28)29)20(22-13-21-19)25-8-10-30-11-9-25/h5-7,13H,4,8-12H2,1-3H3,(H,23,27). The van der Waals surface area contributed by atoms with E-state index in [1.165, 1.54) is 6.33 Å². The summed E-state index contributed by atoms with van der Waals surface area (Å²) in [6.07, 6.45) is 1.30. The van der Waals surface area contributed by atoms with Gasteiger partial charge in [0.25, 0.3) is 0 Å². The Balaban J connectivity index is 1.87. The number of amides is 1. The molecule has 0 spiro atoms. The van der Waals surface area contributed by atoms with Gasteiger partial charge in [0.15, 0.2) is 0 Å². The number of benzene rings is 1. The number of carbonyl (C=O) groups excluding carboxylic acids is 1. The molecule has 1 amide bonds. The molecule has 0 aliphatic carbocycles. The Morgan fingerprint density at radius 2 is 1.93 bits per heavy atom. The molecule has 0 radical (unpaired) electrons. The fourth-order valence-electron chi connectivity index (χ4n) is 3.46. The summed E-state index contributed by atoms with van der Waals surface area (Å²) in [5.41, 5.74) is 2.47. The molecule has 1 aromatic heterocycles. The zero-order valence-electron chi connectivity index (χ0n) is 17.4. The number of carbonyl (C=O) groups is 1. The van der Waals surface area contributed by atoms with Crippen LogP contribution in [0.3, 0.4) is 0 Å². The van der Waals surface area contributed by atoms with E-state index in [2.05, 4.69) is 15.3 Å². The van der Waals surface area contributed by atoms with Crippen LogP contribution in [-0.2, 0) is 9.53 Å². The molecule has 2 heterocycles. The van der Waals surface area contributed by atoms with Gasteiger partial charge in [0.05, 0.1) is 24.7 Å². The fraction of sp³-hybridized carbons (Fsp3) is 0.450. The van der Waals surface area contributed by atoms with Crippen LogP contribution in [0.15, 0.2) is 24.5 Å². The van der Waals surface area contributed by atoms with Gasteiger partial charge >= 0.3 is 5.69 Å². The van der Waals surface area contributed by atoms with E-state index in [0.29, 0.717) is 32.8 Å². The van der Waals surface area contributed by atoms with Gasteiger partial charge in [-0.2, -0.15) is 0 Å². The molecule has 1 aromatic carbocycles. The number of nitrogens with one attached hydrogen (secondary N) is 1. The van der Waals surface area contributed by atoms with Crippen LogP contribution in [0, 0.1) is 24.0 Å². The van der Waals surface area contributed by atoms with E-state index in [1.54, 1.807) is 4.90 Å². The quantitative estimate of drug-likeness (QED) is 0.542. The van der Waals surface area contributed by atoms with Gasteiger partial charge in [-0.05, 0) is 31.9 Å². The molecule has 0 bridgehead atoms. The van der Waals surface area contributed by atoms with Gasteiger partial charge in [-0.25, -0.2) is 9.97 Å². The molecule has 2 aromatic rings. The summed E-state index contributed by atoms with van der Waals surface area (Å²) in [5, 5.41) is 14.8. The summed E-state index contributed by atoms with van der Waals surface area (Å²) in [5.74, 6) is 0.118. The summed E-state index contributed by atoms with van der Waals surface area (Å²) in [6.45, 7) is 7.96. The Bertz CT molecular complexity index is 909. The Kier molecular flexibility index (Phi) is 6.78. The normalized spacial score (nSPS) is 13.8. The first-order valence-corrected chi connectivity index (χ1v) is 9.85. The van der Waals surface area contributed by atoms with E-state index in [-0.39, 0.29) is 29.8 Å². The molecule has 1 aliphatic heterocycles. The zero-order chi connectivity index (χ0) is 21.7. The van der Waals surface area contributed by atoms with Gasteiger partial charge in [0.2, 0.25) is 17.5 Å². The van der Waals surface area contributed by atoms with E-state index in [9.17, 15) is 14.9 Å². The van der Waals surface area contributed by atoms with E-state index >= 15 is 0 Å². The number of hydrogen-bond donors (Lipinski definition) is 1. The van der Waals surface area contributed by atoms with Crippen LogP contribution in [0.2, 0.25) is 0 Å². The molecule has 10 heteroatoms. The van der Waals surface area contributed by atoms with Gasteiger partial charge in [-0.3, -0.25) is 14.9 Å². The summed E-state index contributed by atoms with van der Waals surface area (Å²) in [4.78, 5) is 35.9. The maximum absolute atomic E-state index is 12.7. The smallest absolute Gasteiger partial charge is 0.353 e. The predicted octanol–water partition coefficient (Wildman–Crippen LogP) is 2.30. The lowest BCUT2D eigenvalue weighted by Gasteiger charge is -2.28. The molecule has 0 unspecified atom stereocenters. The van der Waals surface area contributed by atoms with E-state index in [0.717, 1.165) is 16.8 Å². The molecule has 1 aliphatic rings. The third kappa shape index (κ3) is 4.65. The minimum absolute atomic E-state index is 0.0648. The highest BCUT2D eigenvalue weighted by molar-refractivity contribution is 5.95. The highest BCUT2D eigenvalue weighted by Crippen LogP contribution is 2.34. The van der Waals surface area contributed by atoms with Crippen molar-refractivity contribution < 1.29 is 14.5 Å². The second-order valence-electron chi connectivity index (χ2n) is 7.06. The summed E-state index contributed by atoms with van der Waals surface area (Å²) < 4.78 is 5.33. The van der Waals surface area contributed by atoms with Crippen LogP contribution in [0.4, 0.5) is 23.0 Å². The van der Waals surface area contributed by atoms with Gasteiger partial charge in [-0.1, -0.05) is 18.2 Å². The SMILES string of the molecule is CCN(CC(=O)Nc1c(C)cccc1C)c1ncnc(N2CCOCC2)c1[N+](=O)[O-]. The van der Waals surface area contributed by atoms with Crippen molar-refractivity contribution in [1.29, 1.82) is 0 Å². The Labute approximate surface area is 175 Å². The molecule has 10 nitrogen and oxygen atoms in total. The van der Waals surface area contributed by atoms with Crippen molar-refractivity contribution in [2.45, 2.75) is 20.8 Å². The van der Waals surface area contributed by atoms with Crippen molar-refractivity contribution in [2.24, 2.45) is 0 Å². The first kappa shape index (κ1) is 21.4. The average molecular weight is 414 g/mol. The second-order valence-corrected chi connectivity index (χ2v) is 7.06. The van der Waals surface area contributed by atoms with Crippen LogP contribution in [0.5, 0.6) is 0 Å². The molecular weight excluding hydrogens is 388 g/mol. The van der Waals surface area contributed by atoms with Crippen molar-refractivity contribution in [2.75, 3.05) is 54.5 Å². The van der Waals surface area contributed by atoms with Crippen LogP contribution >= 0.6 is 0 Å². The molecule has 0 atom stereocenters. The lowest BCUT2D eigenvalue weighted by Crippen LogP contribution is -2.38. The molecule has 3 rings (SSSR count). The van der Waals surface area contributed by atoms with Crippen LogP contribution in [-0.4, -0.2) is 60.2 Å². The largest absolute Gasteiger partial charge is 0.378 e. The molecule has 160 valence electrons. The maximum atomic E-state index is 12.7. The number of rotatable bonds is 7. The third-order valence-corrected chi connectivity index (χ3v) is 5.04. The van der Waals surface area contributed by atoms with Crippen LogP contribution in [0.25, 0.3) is 0 Å². The first-order valence-electron chi connectivity index (χ1n) is 9.85. The number of anilines is 3. The number of nitro groups is 1. The minimum Gasteiger partial charge on any atom is -0.378 e. The first-order chi connectivity index (χ1) is 14.4. The number of para-hydroxylation sites is 1. The number of nitrogens with zero attached hydrogens (tertiary/aromatic N) is 5. The van der Waals surface area contributed by atoms with Crippen molar-refractivity contribution in [3.8, 4) is 0 Å². The summed E-state index contributed by atoms with van der Waals surface area (Å²) in [6, 6.07) is 5.77. The second kappa shape index (κ2) is 9.49. The molecule has 1 fully saturated rings. The Morgan fingerprint density at radius 1 is 1.27 bits per heavy atom. The fourth-order valence-corrected chi connectivity index (χ4v) is 3.46. The van der Waals surface area contributed by atoms with Gasteiger partial charge in [0, 0.05) is 25.3 Å². The number of likely N-dealkylation sites (N-methyl/N-ethyl adjacent to an activating group) is 1. The number of morpholine rings is 1. The van der Waals surface area contributed by atoms with E-state index < -0.39 is 4.92 Å². The molecule has 1 N–H and O–H groups in total. The van der Waals surface area contributed by atoms with E-state index in [4.69, 9.17) is 4.74 Å². The van der Waals surface area contributed by atoms with Crippen molar-refractivity contribution >= 4 is 28.9 Å². The monoisotopic (exact) mass is 414 g/mol. The molecule has 1 saturated heterocycles. The highest BCUT2D eigenvalue weighted by atomic mass is 16.6. The lowest BCUT2D eigenvalue weighted by atomic mass is 10.1.